The second kappa shape index (κ2) is 10.4. The number of anilines is 1. The highest BCUT2D eigenvalue weighted by Gasteiger charge is 2.23. The topological polar surface area (TPSA) is 115 Å². The number of aromatic amines is 2. The van der Waals surface area contributed by atoms with Crippen LogP contribution >= 0.6 is 11.6 Å². The number of H-pyrrole nitrogens is 2. The third-order valence-electron chi connectivity index (χ3n) is 7.72. The van der Waals surface area contributed by atoms with Gasteiger partial charge in [0, 0.05) is 40.0 Å². The molecule has 0 atom stereocenters. The summed E-state index contributed by atoms with van der Waals surface area (Å²) in [4.78, 5) is 32.5. The molecule has 1 aliphatic heterocycles. The first-order valence-electron chi connectivity index (χ1n) is 13.6. The van der Waals surface area contributed by atoms with Crippen LogP contribution in [-0.4, -0.2) is 61.1 Å². The van der Waals surface area contributed by atoms with E-state index in [4.69, 9.17) is 16.6 Å². The van der Waals surface area contributed by atoms with Crippen molar-refractivity contribution in [1.82, 2.24) is 35.0 Å². The van der Waals surface area contributed by atoms with Gasteiger partial charge in [-0.15, -0.1) is 0 Å². The van der Waals surface area contributed by atoms with Gasteiger partial charge in [-0.25, -0.2) is 9.97 Å². The largest absolute Gasteiger partial charge is 0.337 e. The average molecular weight is 563 g/mol. The Labute approximate surface area is 241 Å². The first-order valence-corrected chi connectivity index (χ1v) is 13.9. The summed E-state index contributed by atoms with van der Waals surface area (Å²) in [6.45, 7) is 1.87. The highest BCUT2D eigenvalue weighted by atomic mass is 35.5. The lowest BCUT2D eigenvalue weighted by atomic mass is 9.96. The Morgan fingerprint density at radius 2 is 1.83 bits per heavy atom. The summed E-state index contributed by atoms with van der Waals surface area (Å²) in [5.74, 6) is 0.700. The van der Waals surface area contributed by atoms with E-state index in [0.29, 0.717) is 27.9 Å². The smallest absolute Gasteiger partial charge is 0.227 e. The molecule has 0 bridgehead atoms. The number of aromatic nitrogens is 6. The third-order valence-corrected chi connectivity index (χ3v) is 7.95. The zero-order chi connectivity index (χ0) is 27.9. The van der Waals surface area contributed by atoms with Crippen LogP contribution in [-0.2, 0) is 4.79 Å². The summed E-state index contributed by atoms with van der Waals surface area (Å²) < 4.78 is 0. The molecule has 204 valence electrons. The van der Waals surface area contributed by atoms with Gasteiger partial charge < -0.3 is 15.2 Å². The van der Waals surface area contributed by atoms with Crippen molar-refractivity contribution in [2.75, 3.05) is 25.5 Å². The molecule has 7 rings (SSSR count). The van der Waals surface area contributed by atoms with Gasteiger partial charge in [0.05, 0.1) is 28.3 Å². The van der Waals surface area contributed by atoms with E-state index in [9.17, 15) is 4.79 Å². The van der Waals surface area contributed by atoms with Crippen LogP contribution in [0.4, 0.5) is 5.69 Å². The lowest BCUT2D eigenvalue weighted by molar-refractivity contribution is -0.121. The van der Waals surface area contributed by atoms with E-state index in [2.05, 4.69) is 42.4 Å². The van der Waals surface area contributed by atoms with Gasteiger partial charge in [0.25, 0.3) is 0 Å². The molecule has 0 unspecified atom stereocenters. The van der Waals surface area contributed by atoms with Crippen molar-refractivity contribution in [2.45, 2.75) is 12.8 Å². The minimum absolute atomic E-state index is 0.0181. The number of piperidine rings is 1. The predicted molar refractivity (Wildman–Crippen MR) is 162 cm³/mol. The van der Waals surface area contributed by atoms with Crippen LogP contribution in [0.5, 0.6) is 0 Å². The lowest BCUT2D eigenvalue weighted by Crippen LogP contribution is -2.35. The number of nitrogens with zero attached hydrogens (tertiary/aromatic N) is 5. The highest BCUT2D eigenvalue weighted by Crippen LogP contribution is 2.33. The van der Waals surface area contributed by atoms with Crippen molar-refractivity contribution in [1.29, 1.82) is 0 Å². The first kappa shape index (κ1) is 25.4. The molecule has 5 heterocycles. The Morgan fingerprint density at radius 3 is 2.68 bits per heavy atom. The zero-order valence-corrected chi connectivity index (χ0v) is 23.1. The zero-order valence-electron chi connectivity index (χ0n) is 22.4. The van der Waals surface area contributed by atoms with Crippen molar-refractivity contribution in [3.8, 4) is 33.8 Å². The molecule has 1 fully saturated rings. The van der Waals surface area contributed by atoms with E-state index < -0.39 is 0 Å². The van der Waals surface area contributed by atoms with Crippen LogP contribution < -0.4 is 5.32 Å². The van der Waals surface area contributed by atoms with Gasteiger partial charge in [-0.2, -0.15) is 5.10 Å². The molecule has 0 saturated carbocycles. The molecular weight excluding hydrogens is 536 g/mol. The van der Waals surface area contributed by atoms with Gasteiger partial charge in [0.2, 0.25) is 5.91 Å². The number of likely N-dealkylation sites (tertiary alicyclic amines) is 1. The number of hydrogen-bond donors (Lipinski definition) is 3. The molecule has 2 aromatic carbocycles. The first-order chi connectivity index (χ1) is 20.0. The Kier molecular flexibility index (Phi) is 6.45. The molecule has 0 aliphatic carbocycles. The van der Waals surface area contributed by atoms with E-state index in [-0.39, 0.29) is 11.8 Å². The molecule has 1 amide bonds. The van der Waals surface area contributed by atoms with E-state index in [0.717, 1.165) is 64.6 Å². The van der Waals surface area contributed by atoms with E-state index in [1.54, 1.807) is 18.6 Å². The number of imidazole rings is 1. The number of pyridine rings is 2. The lowest BCUT2D eigenvalue weighted by Gasteiger charge is -2.28. The maximum absolute atomic E-state index is 12.9. The summed E-state index contributed by atoms with van der Waals surface area (Å²) in [5, 5.41) is 12.1. The average Bonchev–Trinajstić information content (AvgIpc) is 3.61. The fraction of sp³-hybridized carbons (Fsp3) is 0.194. The molecule has 3 N–H and O–H groups in total. The number of halogens is 1. The van der Waals surface area contributed by atoms with Gasteiger partial charge in [0.1, 0.15) is 5.69 Å². The normalized spacial score (nSPS) is 14.6. The van der Waals surface area contributed by atoms with Crippen LogP contribution in [0.2, 0.25) is 5.02 Å². The molecule has 1 aliphatic rings. The summed E-state index contributed by atoms with van der Waals surface area (Å²) in [5.41, 5.74) is 7.41. The van der Waals surface area contributed by atoms with Gasteiger partial charge in [-0.1, -0.05) is 35.9 Å². The number of carbonyl (C=O) groups is 1. The second-order valence-electron chi connectivity index (χ2n) is 10.5. The van der Waals surface area contributed by atoms with Crippen LogP contribution in [0.25, 0.3) is 55.8 Å². The SMILES string of the molecule is CN1CCC(C(=O)Nc2cncc(-c3cnc4[nH]nc(-c5nc6c(-c7cccc(Cl)c7)cccc6[nH]5)c4c3)c2)CC1. The maximum Gasteiger partial charge on any atom is 0.227 e. The van der Waals surface area contributed by atoms with Gasteiger partial charge in [-0.05, 0) is 68.9 Å². The Morgan fingerprint density at radius 1 is 1.00 bits per heavy atom. The molecule has 1 saturated heterocycles. The highest BCUT2D eigenvalue weighted by molar-refractivity contribution is 6.30. The Hall–Kier alpha value is -4.60. The Balaban J connectivity index is 1.21. The number of hydrogen-bond acceptors (Lipinski definition) is 6. The predicted octanol–water partition coefficient (Wildman–Crippen LogP) is 6.16. The minimum atomic E-state index is 0.0181. The van der Waals surface area contributed by atoms with Gasteiger partial charge in [0.15, 0.2) is 11.5 Å². The van der Waals surface area contributed by atoms with Gasteiger partial charge in [-0.3, -0.25) is 14.9 Å². The van der Waals surface area contributed by atoms with Crippen molar-refractivity contribution < 1.29 is 4.79 Å². The quantitative estimate of drug-likeness (QED) is 0.232. The summed E-state index contributed by atoms with van der Waals surface area (Å²) in [6, 6.07) is 17.7. The molecule has 41 heavy (non-hydrogen) atoms. The molecule has 0 spiro atoms. The van der Waals surface area contributed by atoms with Crippen molar-refractivity contribution in [3.63, 3.8) is 0 Å². The fourth-order valence-electron chi connectivity index (χ4n) is 5.46. The van der Waals surface area contributed by atoms with Crippen molar-refractivity contribution in [3.05, 3.63) is 78.2 Å². The van der Waals surface area contributed by atoms with Crippen LogP contribution in [0.15, 0.2) is 73.2 Å². The number of amides is 1. The van der Waals surface area contributed by atoms with Crippen LogP contribution in [0.3, 0.4) is 0 Å². The second-order valence-corrected chi connectivity index (χ2v) is 11.0. The van der Waals surface area contributed by atoms with E-state index >= 15 is 0 Å². The standard InChI is InChI=1S/C31H27ClN8O/c1-40-10-8-18(9-11-40)31(41)35-23-13-20(15-33-17-23)21-14-25-28(38-39-29(25)34-16-21)30-36-26-7-3-6-24(27(26)37-30)19-4-2-5-22(32)12-19/h2-7,12-18H,8-11H2,1H3,(H,35,41)(H,36,37)(H,34,38,39). The molecule has 9 nitrogen and oxygen atoms in total. The minimum Gasteiger partial charge on any atom is -0.337 e. The fourth-order valence-corrected chi connectivity index (χ4v) is 5.65. The van der Waals surface area contributed by atoms with Gasteiger partial charge >= 0.3 is 0 Å². The number of para-hydroxylation sites is 1. The summed E-state index contributed by atoms with van der Waals surface area (Å²) >= 11 is 6.26. The number of nitrogens with one attached hydrogen (secondary N) is 3. The third kappa shape index (κ3) is 4.94. The summed E-state index contributed by atoms with van der Waals surface area (Å²) in [7, 11) is 2.09. The van der Waals surface area contributed by atoms with Crippen LogP contribution in [0, 0.1) is 5.92 Å². The molecule has 0 radical (unpaired) electrons. The monoisotopic (exact) mass is 562 g/mol. The summed E-state index contributed by atoms with van der Waals surface area (Å²) in [6.07, 6.45) is 6.95. The maximum atomic E-state index is 12.9. The molecular formula is C31H27ClN8O. The Bertz CT molecular complexity index is 1900. The number of carbonyl (C=O) groups excluding carboxylic acids is 1. The van der Waals surface area contributed by atoms with E-state index in [1.807, 2.05) is 54.6 Å². The van der Waals surface area contributed by atoms with Crippen molar-refractivity contribution in [2.24, 2.45) is 5.92 Å². The van der Waals surface area contributed by atoms with Crippen molar-refractivity contribution >= 4 is 45.3 Å². The molecule has 4 aromatic heterocycles. The number of fused-ring (bicyclic) bond motifs is 2. The molecule has 6 aromatic rings. The number of rotatable bonds is 5. The van der Waals surface area contributed by atoms with Crippen LogP contribution in [0.1, 0.15) is 12.8 Å². The molecule has 10 heteroatoms. The number of benzene rings is 2. The van der Waals surface area contributed by atoms with E-state index in [1.165, 1.54) is 0 Å².